The molecule has 3 aliphatic rings. The van der Waals surface area contributed by atoms with E-state index in [1.54, 1.807) is 24.3 Å². The highest BCUT2D eigenvalue weighted by Gasteiger charge is 2.70. The SMILES string of the molecule is CCC(C)C1(C(=O)O)NC(c2ccc3c(c2)OCCO3)C2C(=O)N(c3ccccc3C)C(=O)C21. The molecule has 0 aromatic heterocycles. The number of hydrogen-bond acceptors (Lipinski definition) is 6. The van der Waals surface area contributed by atoms with Crippen molar-refractivity contribution in [3.05, 3.63) is 53.6 Å². The summed E-state index contributed by atoms with van der Waals surface area (Å²) in [7, 11) is 0. The number of benzene rings is 2. The molecule has 0 bridgehead atoms. The number of fused-ring (bicyclic) bond motifs is 2. The number of carboxylic acid groups (broad SMARTS) is 1. The van der Waals surface area contributed by atoms with Gasteiger partial charge in [0, 0.05) is 6.04 Å². The third-order valence-electron chi connectivity index (χ3n) is 7.62. The molecule has 34 heavy (non-hydrogen) atoms. The Balaban J connectivity index is 1.66. The summed E-state index contributed by atoms with van der Waals surface area (Å²) < 4.78 is 11.3. The van der Waals surface area contributed by atoms with Crippen LogP contribution in [0.5, 0.6) is 11.5 Å². The molecule has 5 unspecified atom stereocenters. The zero-order valence-electron chi connectivity index (χ0n) is 19.4. The summed E-state index contributed by atoms with van der Waals surface area (Å²) in [6.07, 6.45) is 0.530. The molecule has 178 valence electrons. The molecular formula is C26H28N2O6. The van der Waals surface area contributed by atoms with Crippen LogP contribution in [0.1, 0.15) is 37.4 Å². The first-order valence-electron chi connectivity index (χ1n) is 11.6. The minimum atomic E-state index is -1.58. The molecule has 8 nitrogen and oxygen atoms in total. The zero-order valence-corrected chi connectivity index (χ0v) is 19.4. The normalized spacial score (nSPS) is 28.7. The number of carbonyl (C=O) groups is 3. The van der Waals surface area contributed by atoms with E-state index in [2.05, 4.69) is 5.32 Å². The molecule has 2 saturated heterocycles. The van der Waals surface area contributed by atoms with E-state index in [9.17, 15) is 19.5 Å². The van der Waals surface area contributed by atoms with Gasteiger partial charge in [0.15, 0.2) is 11.5 Å². The lowest BCUT2D eigenvalue weighted by molar-refractivity contribution is -0.151. The van der Waals surface area contributed by atoms with Crippen LogP contribution in [0.4, 0.5) is 5.69 Å². The summed E-state index contributed by atoms with van der Waals surface area (Å²) in [5.74, 6) is -3.12. The molecular weight excluding hydrogens is 436 g/mol. The van der Waals surface area contributed by atoms with Crippen LogP contribution in [-0.4, -0.2) is 41.6 Å². The number of aryl methyl sites for hydroxylation is 1. The Morgan fingerprint density at radius 1 is 1.15 bits per heavy atom. The number of imide groups is 1. The maximum absolute atomic E-state index is 13.9. The van der Waals surface area contributed by atoms with Crippen LogP contribution in [-0.2, 0) is 14.4 Å². The summed E-state index contributed by atoms with van der Waals surface area (Å²) >= 11 is 0. The summed E-state index contributed by atoms with van der Waals surface area (Å²) in [4.78, 5) is 41.8. The lowest BCUT2D eigenvalue weighted by Crippen LogP contribution is -2.59. The first-order chi connectivity index (χ1) is 16.3. The van der Waals surface area contributed by atoms with Gasteiger partial charge in [-0.15, -0.1) is 0 Å². The van der Waals surface area contributed by atoms with Crippen molar-refractivity contribution in [3.8, 4) is 11.5 Å². The minimum Gasteiger partial charge on any atom is -0.486 e. The number of nitrogens with zero attached hydrogens (tertiary/aromatic N) is 1. The molecule has 0 saturated carbocycles. The topological polar surface area (TPSA) is 105 Å². The predicted molar refractivity (Wildman–Crippen MR) is 124 cm³/mol. The van der Waals surface area contributed by atoms with Crippen molar-refractivity contribution in [2.24, 2.45) is 17.8 Å². The van der Waals surface area contributed by atoms with Gasteiger partial charge in [-0.25, -0.2) is 4.90 Å². The second kappa shape index (κ2) is 8.13. The average molecular weight is 465 g/mol. The maximum Gasteiger partial charge on any atom is 0.325 e. The molecule has 2 fully saturated rings. The van der Waals surface area contributed by atoms with Gasteiger partial charge in [-0.05, 0) is 42.2 Å². The number of anilines is 1. The molecule has 3 aliphatic heterocycles. The Kier molecular flexibility index (Phi) is 5.36. The Morgan fingerprint density at radius 2 is 1.85 bits per heavy atom. The lowest BCUT2D eigenvalue weighted by atomic mass is 9.72. The Labute approximate surface area is 197 Å². The fraction of sp³-hybridized carbons (Fsp3) is 0.423. The Bertz CT molecular complexity index is 1180. The number of nitrogens with one attached hydrogen (secondary N) is 1. The van der Waals surface area contributed by atoms with E-state index in [1.165, 1.54) is 4.90 Å². The van der Waals surface area contributed by atoms with Crippen molar-refractivity contribution in [2.75, 3.05) is 18.1 Å². The molecule has 2 N–H and O–H groups in total. The first kappa shape index (κ1) is 22.4. The Hall–Kier alpha value is -3.39. The van der Waals surface area contributed by atoms with E-state index in [0.29, 0.717) is 42.4 Å². The fourth-order valence-electron chi connectivity index (χ4n) is 5.71. The third kappa shape index (κ3) is 3.05. The summed E-state index contributed by atoms with van der Waals surface area (Å²) in [5, 5.41) is 13.8. The zero-order chi connectivity index (χ0) is 24.2. The maximum atomic E-state index is 13.9. The van der Waals surface area contributed by atoms with Gasteiger partial charge < -0.3 is 14.6 Å². The van der Waals surface area contributed by atoms with Gasteiger partial charge in [0.25, 0.3) is 0 Å². The van der Waals surface area contributed by atoms with Crippen LogP contribution < -0.4 is 19.7 Å². The number of carboxylic acids is 1. The van der Waals surface area contributed by atoms with Crippen molar-refractivity contribution in [2.45, 2.75) is 38.8 Å². The summed E-state index contributed by atoms with van der Waals surface area (Å²) in [5.41, 5.74) is 0.383. The van der Waals surface area contributed by atoms with Crippen LogP contribution in [0.25, 0.3) is 0 Å². The third-order valence-corrected chi connectivity index (χ3v) is 7.62. The van der Waals surface area contributed by atoms with E-state index in [1.807, 2.05) is 39.0 Å². The van der Waals surface area contributed by atoms with Crippen molar-refractivity contribution >= 4 is 23.5 Å². The number of amides is 2. The summed E-state index contributed by atoms with van der Waals surface area (Å²) in [6, 6.07) is 11.9. The van der Waals surface area contributed by atoms with Crippen LogP contribution in [0.2, 0.25) is 0 Å². The van der Waals surface area contributed by atoms with Crippen molar-refractivity contribution < 1.29 is 29.0 Å². The van der Waals surface area contributed by atoms with Crippen molar-refractivity contribution in [3.63, 3.8) is 0 Å². The molecule has 2 aromatic rings. The summed E-state index contributed by atoms with van der Waals surface area (Å²) in [6.45, 7) is 6.40. The number of hydrogen-bond donors (Lipinski definition) is 2. The van der Waals surface area contributed by atoms with E-state index in [0.717, 1.165) is 5.56 Å². The largest absolute Gasteiger partial charge is 0.486 e. The monoisotopic (exact) mass is 464 g/mol. The van der Waals surface area contributed by atoms with Gasteiger partial charge in [-0.3, -0.25) is 19.7 Å². The smallest absolute Gasteiger partial charge is 0.325 e. The molecule has 3 heterocycles. The van der Waals surface area contributed by atoms with Crippen molar-refractivity contribution in [1.29, 1.82) is 0 Å². The average Bonchev–Trinajstić information content (AvgIpc) is 3.33. The van der Waals surface area contributed by atoms with E-state index in [-0.39, 0.29) is 5.91 Å². The van der Waals surface area contributed by atoms with Crippen LogP contribution in [0, 0.1) is 24.7 Å². The van der Waals surface area contributed by atoms with Gasteiger partial charge in [0.1, 0.15) is 18.8 Å². The first-order valence-corrected chi connectivity index (χ1v) is 11.6. The highest BCUT2D eigenvalue weighted by molar-refractivity contribution is 6.24. The number of aliphatic carboxylic acids is 1. The van der Waals surface area contributed by atoms with Crippen LogP contribution in [0.3, 0.4) is 0 Å². The molecule has 2 aromatic carbocycles. The van der Waals surface area contributed by atoms with Gasteiger partial charge in [0.05, 0.1) is 17.5 Å². The highest BCUT2D eigenvalue weighted by atomic mass is 16.6. The highest BCUT2D eigenvalue weighted by Crippen LogP contribution is 2.53. The van der Waals surface area contributed by atoms with Gasteiger partial charge in [0.2, 0.25) is 11.8 Å². The number of carbonyl (C=O) groups excluding carboxylic acids is 2. The molecule has 0 radical (unpaired) electrons. The van der Waals surface area contributed by atoms with Crippen molar-refractivity contribution in [1.82, 2.24) is 5.32 Å². The second-order valence-corrected chi connectivity index (χ2v) is 9.31. The number of para-hydroxylation sites is 1. The molecule has 5 rings (SSSR count). The molecule has 5 atom stereocenters. The van der Waals surface area contributed by atoms with Gasteiger partial charge in [-0.2, -0.15) is 0 Å². The minimum absolute atomic E-state index is 0.386. The van der Waals surface area contributed by atoms with Gasteiger partial charge >= 0.3 is 5.97 Å². The van der Waals surface area contributed by atoms with E-state index in [4.69, 9.17) is 9.47 Å². The molecule has 8 heteroatoms. The number of rotatable bonds is 5. The molecule has 2 amide bonds. The van der Waals surface area contributed by atoms with Crippen LogP contribution in [0.15, 0.2) is 42.5 Å². The molecule has 0 aliphatic carbocycles. The van der Waals surface area contributed by atoms with E-state index >= 15 is 0 Å². The quantitative estimate of drug-likeness (QED) is 0.655. The van der Waals surface area contributed by atoms with E-state index < -0.39 is 41.2 Å². The van der Waals surface area contributed by atoms with Crippen LogP contribution >= 0.6 is 0 Å². The fourth-order valence-corrected chi connectivity index (χ4v) is 5.71. The number of ether oxygens (including phenoxy) is 2. The predicted octanol–water partition coefficient (Wildman–Crippen LogP) is 3.09. The van der Waals surface area contributed by atoms with Gasteiger partial charge in [-0.1, -0.05) is 44.5 Å². The molecule has 0 spiro atoms. The second-order valence-electron chi connectivity index (χ2n) is 9.31. The lowest BCUT2D eigenvalue weighted by Gasteiger charge is -2.36. The Morgan fingerprint density at radius 3 is 2.53 bits per heavy atom. The standard InChI is InChI=1S/C26H28N2O6/c1-4-15(3)26(25(31)32)21-20(23(29)28(24(21)30)17-8-6-5-7-14(17)2)22(27-26)16-9-10-18-19(13-16)34-12-11-33-18/h5-10,13,15,20-22,27H,4,11-12H2,1-3H3,(H,31,32).